The zero-order valence-corrected chi connectivity index (χ0v) is 27.0. The van der Waals surface area contributed by atoms with Crippen molar-refractivity contribution in [2.24, 2.45) is 5.73 Å². The predicted octanol–water partition coefficient (Wildman–Crippen LogP) is -0.0625. The maximum Gasteiger partial charge on any atom is 0.253 e. The fourth-order valence-corrected chi connectivity index (χ4v) is 4.67. The molecule has 0 aliphatic carbocycles. The third kappa shape index (κ3) is 16.4. The molecule has 0 saturated carbocycles. The van der Waals surface area contributed by atoms with Crippen LogP contribution in [-0.2, 0) is 44.8 Å². The average Bonchev–Trinajstić information content (AvgIpc) is 3.36. The highest BCUT2D eigenvalue weighted by Gasteiger charge is 2.23. The van der Waals surface area contributed by atoms with Gasteiger partial charge in [-0.05, 0) is 31.9 Å². The van der Waals surface area contributed by atoms with Gasteiger partial charge >= 0.3 is 0 Å². The Morgan fingerprint density at radius 2 is 1.43 bits per heavy atom. The van der Waals surface area contributed by atoms with Crippen molar-refractivity contribution in [3.8, 4) is 0 Å². The highest BCUT2D eigenvalue weighted by molar-refractivity contribution is 6.12. The first-order valence-corrected chi connectivity index (χ1v) is 15.9. The summed E-state index contributed by atoms with van der Waals surface area (Å²) in [5.74, 6) is -2.85. The number of imide groups is 1. The van der Waals surface area contributed by atoms with Crippen molar-refractivity contribution in [2.45, 2.75) is 70.3 Å². The second-order valence-electron chi connectivity index (χ2n) is 11.4. The molecule has 1 atom stereocenters. The van der Waals surface area contributed by atoms with Crippen molar-refractivity contribution >= 4 is 47.0 Å². The summed E-state index contributed by atoms with van der Waals surface area (Å²) < 4.78 is 0. The molecule has 14 heteroatoms. The molecular weight excluding hydrogens is 608 g/mol. The minimum absolute atomic E-state index is 0.0571. The average molecular weight is 655 g/mol. The molecule has 1 heterocycles. The van der Waals surface area contributed by atoms with Crippen molar-refractivity contribution in [2.75, 3.05) is 39.8 Å². The van der Waals surface area contributed by atoms with Crippen LogP contribution in [0.3, 0.4) is 0 Å². The van der Waals surface area contributed by atoms with E-state index in [2.05, 4.69) is 16.0 Å². The summed E-state index contributed by atoms with van der Waals surface area (Å²) in [6.07, 6.45) is 4.37. The summed E-state index contributed by atoms with van der Waals surface area (Å²) in [6.45, 7) is 1.38. The second-order valence-corrected chi connectivity index (χ2v) is 11.4. The molecule has 1 aliphatic heterocycles. The molecule has 6 amide bonds. The number of ketones is 2. The quantitative estimate of drug-likeness (QED) is 0.0869. The van der Waals surface area contributed by atoms with E-state index in [-0.39, 0.29) is 86.7 Å². The summed E-state index contributed by atoms with van der Waals surface area (Å²) in [4.78, 5) is 99.5. The zero-order chi connectivity index (χ0) is 34.6. The Labute approximate surface area is 274 Å². The van der Waals surface area contributed by atoms with Crippen LogP contribution in [0.4, 0.5) is 0 Å². The Morgan fingerprint density at radius 3 is 2.11 bits per heavy atom. The zero-order valence-electron chi connectivity index (χ0n) is 27.0. The number of hydrogen-bond donors (Lipinski definition) is 4. The van der Waals surface area contributed by atoms with E-state index in [0.717, 1.165) is 10.5 Å². The molecule has 256 valence electrons. The van der Waals surface area contributed by atoms with Gasteiger partial charge in [0.25, 0.3) is 11.8 Å². The van der Waals surface area contributed by atoms with E-state index in [1.54, 1.807) is 7.05 Å². The van der Waals surface area contributed by atoms with E-state index in [1.165, 1.54) is 12.2 Å². The molecule has 0 saturated heterocycles. The van der Waals surface area contributed by atoms with Crippen LogP contribution in [0, 0.1) is 0 Å². The van der Waals surface area contributed by atoms with Gasteiger partial charge in [-0.1, -0.05) is 36.8 Å². The lowest BCUT2D eigenvalue weighted by Gasteiger charge is -2.18. The Bertz CT molecular complexity index is 1280. The van der Waals surface area contributed by atoms with Crippen LogP contribution < -0.4 is 21.7 Å². The van der Waals surface area contributed by atoms with Crippen LogP contribution in [0.5, 0.6) is 0 Å². The number of likely N-dealkylation sites (N-methyl/N-ethyl adjacent to an activating group) is 1. The Balaban J connectivity index is 1.70. The lowest BCUT2D eigenvalue weighted by atomic mass is 9.99. The van der Waals surface area contributed by atoms with Gasteiger partial charge in [0.15, 0.2) is 11.6 Å². The first-order chi connectivity index (χ1) is 22.4. The van der Waals surface area contributed by atoms with E-state index in [1.807, 2.05) is 35.2 Å². The number of Topliss-reactive ketones (excluding diaryl/α,β-unsaturated/α-hetero) is 2. The van der Waals surface area contributed by atoms with Gasteiger partial charge < -0.3 is 26.6 Å². The molecule has 0 bridgehead atoms. The predicted molar refractivity (Wildman–Crippen MR) is 172 cm³/mol. The topological polar surface area (TPSA) is 205 Å². The Kier molecular flexibility index (Phi) is 17.3. The first kappa shape index (κ1) is 38.5. The lowest BCUT2D eigenvalue weighted by molar-refractivity contribution is -0.137. The van der Waals surface area contributed by atoms with Crippen LogP contribution in [0.2, 0.25) is 0 Å². The third-order valence-electron chi connectivity index (χ3n) is 7.46. The molecule has 2 rings (SSSR count). The second kappa shape index (κ2) is 21.1. The standard InChI is InChI=1S/C33H46N6O8/c1-38(20-17-28(34)42)21-18-35-30(44)14-12-27(41)26(22-24-8-4-2-5-9-24)37-31(45)13-11-25(40)23-36-29(43)10-6-3-7-19-39-32(46)15-16-33(39)47/h2,4-5,8-9,15-16,26H,3,6-7,10-14,17-23H2,1H3,(H2,34,42)(H,35,44)(H,36,43)(H,37,45)/t26-/m0/s1. The van der Waals surface area contributed by atoms with E-state index in [9.17, 15) is 38.4 Å². The molecular formula is C33H46N6O8. The number of nitrogens with one attached hydrogen (secondary N) is 3. The fourth-order valence-electron chi connectivity index (χ4n) is 4.67. The molecule has 1 aromatic rings. The molecule has 47 heavy (non-hydrogen) atoms. The van der Waals surface area contributed by atoms with Crippen molar-refractivity contribution < 1.29 is 38.4 Å². The summed E-state index contributed by atoms with van der Waals surface area (Å²) in [5, 5.41) is 7.98. The molecule has 0 fully saturated rings. The van der Waals surface area contributed by atoms with Gasteiger partial charge in [-0.2, -0.15) is 0 Å². The van der Waals surface area contributed by atoms with Gasteiger partial charge in [-0.15, -0.1) is 0 Å². The lowest BCUT2D eigenvalue weighted by Crippen LogP contribution is -2.43. The van der Waals surface area contributed by atoms with Gasteiger partial charge in [-0.3, -0.25) is 43.3 Å². The van der Waals surface area contributed by atoms with E-state index in [4.69, 9.17) is 5.73 Å². The largest absolute Gasteiger partial charge is 0.370 e. The highest BCUT2D eigenvalue weighted by atomic mass is 16.2. The summed E-state index contributed by atoms with van der Waals surface area (Å²) in [5.41, 5.74) is 5.97. The summed E-state index contributed by atoms with van der Waals surface area (Å²) in [6, 6.07) is 8.23. The maximum atomic E-state index is 13.1. The molecule has 1 aromatic carbocycles. The fraction of sp³-hybridized carbons (Fsp3) is 0.515. The molecule has 0 radical (unpaired) electrons. The van der Waals surface area contributed by atoms with Gasteiger partial charge in [0.1, 0.15) is 0 Å². The van der Waals surface area contributed by atoms with Crippen molar-refractivity contribution in [3.05, 3.63) is 48.0 Å². The smallest absolute Gasteiger partial charge is 0.253 e. The van der Waals surface area contributed by atoms with E-state index in [0.29, 0.717) is 45.4 Å². The van der Waals surface area contributed by atoms with Crippen molar-refractivity contribution in [1.29, 1.82) is 0 Å². The molecule has 14 nitrogen and oxygen atoms in total. The van der Waals surface area contributed by atoms with E-state index < -0.39 is 17.9 Å². The van der Waals surface area contributed by atoms with E-state index >= 15 is 0 Å². The van der Waals surface area contributed by atoms with Crippen LogP contribution in [-0.4, -0.2) is 103 Å². The number of primary amides is 1. The van der Waals surface area contributed by atoms with Gasteiger partial charge in [0, 0.05) is 76.9 Å². The Morgan fingerprint density at radius 1 is 0.766 bits per heavy atom. The molecule has 0 aromatic heterocycles. The minimum Gasteiger partial charge on any atom is -0.370 e. The monoisotopic (exact) mass is 654 g/mol. The number of hydrogen-bond acceptors (Lipinski definition) is 9. The minimum atomic E-state index is -0.884. The number of carbonyl (C=O) groups is 8. The van der Waals surface area contributed by atoms with Gasteiger partial charge in [-0.25, -0.2) is 0 Å². The Hall–Kier alpha value is -4.72. The maximum absolute atomic E-state index is 13.1. The van der Waals surface area contributed by atoms with Crippen LogP contribution in [0.15, 0.2) is 42.5 Å². The molecule has 5 N–H and O–H groups in total. The number of nitrogens with two attached hydrogens (primary N) is 1. The number of benzene rings is 1. The molecule has 0 unspecified atom stereocenters. The number of nitrogens with zero attached hydrogens (tertiary/aromatic N) is 2. The molecule has 0 spiro atoms. The highest BCUT2D eigenvalue weighted by Crippen LogP contribution is 2.09. The summed E-state index contributed by atoms with van der Waals surface area (Å²) in [7, 11) is 1.80. The van der Waals surface area contributed by atoms with Gasteiger partial charge in [0.05, 0.1) is 12.6 Å². The van der Waals surface area contributed by atoms with Crippen molar-refractivity contribution in [1.82, 2.24) is 25.8 Å². The normalized spacial score (nSPS) is 13.0. The molecule has 1 aliphatic rings. The number of amides is 6. The number of rotatable bonds is 24. The SMILES string of the molecule is CN(CCNC(=O)CCC(=O)[C@H](Cc1ccccc1)NC(=O)CCC(=O)CNC(=O)CCCCCN1C(=O)C=CC1=O)CCC(N)=O. The van der Waals surface area contributed by atoms with Crippen LogP contribution in [0.1, 0.15) is 63.4 Å². The first-order valence-electron chi connectivity index (χ1n) is 15.9. The third-order valence-corrected chi connectivity index (χ3v) is 7.46. The number of carbonyl (C=O) groups excluding carboxylic acids is 8. The summed E-state index contributed by atoms with van der Waals surface area (Å²) >= 11 is 0. The van der Waals surface area contributed by atoms with Crippen molar-refractivity contribution in [3.63, 3.8) is 0 Å². The van der Waals surface area contributed by atoms with Gasteiger partial charge in [0.2, 0.25) is 23.6 Å². The number of unbranched alkanes of at least 4 members (excludes halogenated alkanes) is 2. The van der Waals surface area contributed by atoms with Crippen LogP contribution in [0.25, 0.3) is 0 Å². The van der Waals surface area contributed by atoms with Crippen LogP contribution >= 0.6 is 0 Å².